The topological polar surface area (TPSA) is 110 Å². The van der Waals surface area contributed by atoms with Crippen molar-refractivity contribution in [2.24, 2.45) is 5.73 Å². The normalized spacial score (nSPS) is 19.0. The van der Waals surface area contributed by atoms with Gasteiger partial charge in [-0.2, -0.15) is 0 Å². The molecule has 2 aromatic heterocycles. The van der Waals surface area contributed by atoms with E-state index in [4.69, 9.17) is 10.5 Å². The van der Waals surface area contributed by atoms with Crippen molar-refractivity contribution in [3.63, 3.8) is 0 Å². The fourth-order valence-corrected chi connectivity index (χ4v) is 6.15. The molecule has 3 heterocycles. The van der Waals surface area contributed by atoms with Crippen molar-refractivity contribution in [3.05, 3.63) is 71.2 Å². The maximum Gasteiger partial charge on any atom is 0.331 e. The molecule has 2 atom stereocenters. The van der Waals surface area contributed by atoms with E-state index in [1.54, 1.807) is 11.1 Å². The number of amides is 3. The zero-order chi connectivity index (χ0) is 25.5. The lowest BCUT2D eigenvalue weighted by Gasteiger charge is -2.30. The number of benzene rings is 2. The first-order chi connectivity index (χ1) is 18.0. The number of thiophene rings is 1. The molecule has 8 nitrogen and oxygen atoms in total. The van der Waals surface area contributed by atoms with E-state index in [0.29, 0.717) is 26.8 Å². The quantitative estimate of drug-likeness (QED) is 0.300. The molecule has 2 aliphatic rings. The molecule has 6 rings (SSSR count). The Morgan fingerprint density at radius 3 is 2.70 bits per heavy atom. The van der Waals surface area contributed by atoms with Gasteiger partial charge in [0.2, 0.25) is 0 Å². The zero-order valence-electron chi connectivity index (χ0n) is 20.4. The van der Waals surface area contributed by atoms with Gasteiger partial charge in [0.1, 0.15) is 21.2 Å². The first-order valence-corrected chi connectivity index (χ1v) is 13.2. The molecular weight excluding hydrogens is 486 g/mol. The largest absolute Gasteiger partial charge is 0.457 e. The zero-order valence-corrected chi connectivity index (χ0v) is 21.2. The Morgan fingerprint density at radius 2 is 1.92 bits per heavy atom. The molecule has 4 N–H and O–H groups in total. The Hall–Kier alpha value is -3.95. The van der Waals surface area contributed by atoms with Crippen LogP contribution < -0.4 is 26.0 Å². The van der Waals surface area contributed by atoms with Crippen LogP contribution in [-0.4, -0.2) is 29.0 Å². The Bertz CT molecular complexity index is 1500. The van der Waals surface area contributed by atoms with Gasteiger partial charge in [-0.3, -0.25) is 9.69 Å². The molecule has 9 heteroatoms. The molecule has 2 aromatic carbocycles. The molecule has 1 saturated carbocycles. The van der Waals surface area contributed by atoms with E-state index in [1.807, 2.05) is 61.5 Å². The van der Waals surface area contributed by atoms with Gasteiger partial charge >= 0.3 is 6.03 Å². The van der Waals surface area contributed by atoms with Gasteiger partial charge in [0, 0.05) is 18.3 Å². The standard InChI is InChI=1S/C28H27N5O3S/c1-16-15-18(36-17-7-3-2-4-8-17)11-12-21(16)33-22-13-14-30-27-23(22)24(32-28(33)35)25(37-27)26(34)31-20-10-6-5-9-19(20)29/h2-4,7-8,11-15,19-20H,5-6,9-10,29H2,1H3,(H,31,34)(H,32,35)/t19-,20?/m1/s1. The molecule has 0 spiro atoms. The van der Waals surface area contributed by atoms with Crippen LogP contribution in [0.1, 0.15) is 40.9 Å². The molecule has 0 bridgehead atoms. The molecular formula is C28H27N5O3S. The summed E-state index contributed by atoms with van der Waals surface area (Å²) in [6.45, 7) is 1.94. The highest BCUT2D eigenvalue weighted by molar-refractivity contribution is 7.21. The average molecular weight is 514 g/mol. The third-order valence-corrected chi connectivity index (χ3v) is 8.07. The summed E-state index contributed by atoms with van der Waals surface area (Å²) in [6, 6.07) is 16.5. The predicted molar refractivity (Wildman–Crippen MR) is 146 cm³/mol. The number of hydrogen-bond acceptors (Lipinski definition) is 6. The second-order valence-electron chi connectivity index (χ2n) is 9.47. The molecule has 1 fully saturated rings. The number of pyridine rings is 1. The summed E-state index contributed by atoms with van der Waals surface area (Å²) in [6.07, 6.45) is 5.56. The van der Waals surface area contributed by atoms with Crippen LogP contribution in [0.5, 0.6) is 11.5 Å². The van der Waals surface area contributed by atoms with Crippen molar-refractivity contribution >= 4 is 50.6 Å². The first-order valence-electron chi connectivity index (χ1n) is 12.4. The maximum absolute atomic E-state index is 13.5. The third kappa shape index (κ3) is 4.30. The van der Waals surface area contributed by atoms with Crippen molar-refractivity contribution < 1.29 is 14.3 Å². The number of anilines is 3. The van der Waals surface area contributed by atoms with Crippen molar-refractivity contribution in [2.75, 3.05) is 10.2 Å². The number of ether oxygens (including phenoxy) is 1. The summed E-state index contributed by atoms with van der Waals surface area (Å²) in [5.41, 5.74) is 9.04. The molecule has 1 aliphatic heterocycles. The van der Waals surface area contributed by atoms with Gasteiger partial charge in [-0.05, 0) is 61.7 Å². The molecule has 1 unspecified atom stereocenters. The van der Waals surface area contributed by atoms with E-state index in [-0.39, 0.29) is 24.0 Å². The fraction of sp³-hybridized carbons (Fsp3) is 0.250. The molecule has 0 radical (unpaired) electrons. The van der Waals surface area contributed by atoms with Crippen LogP contribution in [-0.2, 0) is 0 Å². The highest BCUT2D eigenvalue weighted by atomic mass is 32.1. The Balaban J connectivity index is 1.34. The predicted octanol–water partition coefficient (Wildman–Crippen LogP) is 6.08. The number of aromatic nitrogens is 1. The molecule has 4 aromatic rings. The Labute approximate surface area is 218 Å². The van der Waals surface area contributed by atoms with Gasteiger partial charge in [0.15, 0.2) is 0 Å². The number of nitrogens with two attached hydrogens (primary N) is 1. The number of hydrogen-bond donors (Lipinski definition) is 3. The molecule has 37 heavy (non-hydrogen) atoms. The summed E-state index contributed by atoms with van der Waals surface area (Å²) in [7, 11) is 0. The summed E-state index contributed by atoms with van der Waals surface area (Å²) >= 11 is 1.28. The van der Waals surface area contributed by atoms with Gasteiger partial charge in [-0.15, -0.1) is 11.3 Å². The number of urea groups is 1. The van der Waals surface area contributed by atoms with Crippen molar-refractivity contribution in [1.29, 1.82) is 0 Å². The van der Waals surface area contributed by atoms with Crippen molar-refractivity contribution in [2.45, 2.75) is 44.7 Å². The lowest BCUT2D eigenvalue weighted by molar-refractivity contribution is 0.0926. The lowest BCUT2D eigenvalue weighted by Crippen LogP contribution is -2.49. The number of rotatable bonds is 5. The van der Waals surface area contributed by atoms with E-state index in [0.717, 1.165) is 48.1 Å². The third-order valence-electron chi connectivity index (χ3n) is 6.98. The Morgan fingerprint density at radius 1 is 1.11 bits per heavy atom. The maximum atomic E-state index is 13.5. The molecule has 0 saturated heterocycles. The first kappa shape index (κ1) is 23.4. The van der Waals surface area contributed by atoms with Gasteiger partial charge in [0.25, 0.3) is 5.91 Å². The molecule has 3 amide bonds. The molecule has 1 aliphatic carbocycles. The van der Waals surface area contributed by atoms with Crippen molar-refractivity contribution in [3.8, 4) is 11.5 Å². The number of carbonyl (C=O) groups is 2. The van der Waals surface area contributed by atoms with E-state index in [2.05, 4.69) is 15.6 Å². The van der Waals surface area contributed by atoms with E-state index < -0.39 is 0 Å². The van der Waals surface area contributed by atoms with Crippen LogP contribution in [0.15, 0.2) is 60.8 Å². The highest BCUT2D eigenvalue weighted by Gasteiger charge is 2.34. The lowest BCUT2D eigenvalue weighted by atomic mass is 9.91. The summed E-state index contributed by atoms with van der Waals surface area (Å²) in [4.78, 5) is 34.0. The second kappa shape index (κ2) is 9.49. The summed E-state index contributed by atoms with van der Waals surface area (Å²) < 4.78 is 5.96. The average Bonchev–Trinajstić information content (AvgIpc) is 3.26. The highest BCUT2D eigenvalue weighted by Crippen LogP contribution is 2.46. The van der Waals surface area contributed by atoms with Gasteiger partial charge in [-0.1, -0.05) is 31.0 Å². The van der Waals surface area contributed by atoms with Crippen LogP contribution in [0.4, 0.5) is 21.9 Å². The Kier molecular flexibility index (Phi) is 6.02. The monoisotopic (exact) mass is 513 g/mol. The van der Waals surface area contributed by atoms with E-state index in [9.17, 15) is 9.59 Å². The minimum atomic E-state index is -0.332. The van der Waals surface area contributed by atoms with Crippen LogP contribution in [0.25, 0.3) is 10.2 Å². The van der Waals surface area contributed by atoms with Crippen LogP contribution >= 0.6 is 11.3 Å². The minimum absolute atomic E-state index is 0.0565. The van der Waals surface area contributed by atoms with Gasteiger partial charge in [0.05, 0.1) is 22.4 Å². The fourth-order valence-electron chi connectivity index (χ4n) is 5.12. The van der Waals surface area contributed by atoms with E-state index >= 15 is 0 Å². The number of nitrogens with zero attached hydrogens (tertiary/aromatic N) is 2. The van der Waals surface area contributed by atoms with Gasteiger partial charge in [-0.25, -0.2) is 9.78 Å². The minimum Gasteiger partial charge on any atom is -0.457 e. The van der Waals surface area contributed by atoms with Crippen LogP contribution in [0.3, 0.4) is 0 Å². The van der Waals surface area contributed by atoms with Crippen LogP contribution in [0.2, 0.25) is 0 Å². The van der Waals surface area contributed by atoms with Crippen molar-refractivity contribution in [1.82, 2.24) is 10.3 Å². The van der Waals surface area contributed by atoms with Crippen LogP contribution in [0, 0.1) is 6.92 Å². The SMILES string of the molecule is Cc1cc(Oc2ccccc2)ccc1N1C(=O)Nc2c(C(=O)NC3CCCC[C@H]3N)sc3nccc1c23. The second-order valence-corrected chi connectivity index (χ2v) is 10.5. The molecule has 188 valence electrons. The van der Waals surface area contributed by atoms with E-state index in [1.165, 1.54) is 11.3 Å². The number of para-hydroxylation sites is 1. The van der Waals surface area contributed by atoms with Gasteiger partial charge < -0.3 is 21.1 Å². The number of aryl methyl sites for hydroxylation is 1. The summed E-state index contributed by atoms with van der Waals surface area (Å²) in [5.74, 6) is 1.20. The summed E-state index contributed by atoms with van der Waals surface area (Å²) in [5, 5.41) is 6.82. The number of carbonyl (C=O) groups excluding carboxylic acids is 2. The number of nitrogens with one attached hydrogen (secondary N) is 2. The smallest absolute Gasteiger partial charge is 0.331 e.